The van der Waals surface area contributed by atoms with Crippen molar-refractivity contribution in [3.63, 3.8) is 0 Å². The topological polar surface area (TPSA) is 105 Å². The zero-order chi connectivity index (χ0) is 22.0. The Balaban J connectivity index is 1.31. The molecule has 2 fully saturated rings. The second-order valence-corrected chi connectivity index (χ2v) is 9.00. The largest absolute Gasteiger partial charge is 0.388 e. The lowest BCUT2D eigenvalue weighted by Gasteiger charge is -2.39. The Labute approximate surface area is 182 Å². The lowest BCUT2D eigenvalue weighted by Crippen LogP contribution is -2.56. The van der Waals surface area contributed by atoms with Crippen LogP contribution in [0.15, 0.2) is 47.5 Å². The maximum atomic E-state index is 12.7. The molecule has 2 saturated heterocycles. The molecule has 1 aromatic carbocycles. The number of aromatic nitrogens is 2. The molecule has 166 valence electrons. The minimum atomic E-state index is -1.02. The van der Waals surface area contributed by atoms with Gasteiger partial charge < -0.3 is 20.6 Å². The second-order valence-electron chi connectivity index (χ2n) is 9.00. The highest BCUT2D eigenvalue weighted by Crippen LogP contribution is 2.26. The van der Waals surface area contributed by atoms with Gasteiger partial charge in [0.25, 0.3) is 5.56 Å². The van der Waals surface area contributed by atoms with Crippen LogP contribution in [0.4, 0.5) is 5.82 Å². The van der Waals surface area contributed by atoms with Gasteiger partial charge in [0.2, 0.25) is 5.91 Å². The summed E-state index contributed by atoms with van der Waals surface area (Å²) in [4.78, 5) is 33.4. The van der Waals surface area contributed by atoms with Gasteiger partial charge in [0.15, 0.2) is 0 Å². The summed E-state index contributed by atoms with van der Waals surface area (Å²) in [6, 6.07) is 11.7. The van der Waals surface area contributed by atoms with E-state index in [1.54, 1.807) is 0 Å². The lowest BCUT2D eigenvalue weighted by atomic mass is 9.90. The second kappa shape index (κ2) is 8.80. The highest BCUT2D eigenvalue weighted by atomic mass is 16.3. The van der Waals surface area contributed by atoms with E-state index in [9.17, 15) is 14.7 Å². The van der Waals surface area contributed by atoms with Gasteiger partial charge in [-0.25, -0.2) is 4.98 Å². The van der Waals surface area contributed by atoms with Crippen molar-refractivity contribution in [2.24, 2.45) is 5.73 Å². The molecule has 4 rings (SSSR count). The molecule has 0 saturated carbocycles. The van der Waals surface area contributed by atoms with Gasteiger partial charge in [0.1, 0.15) is 5.82 Å². The third-order valence-corrected chi connectivity index (χ3v) is 6.46. The van der Waals surface area contributed by atoms with Crippen LogP contribution in [0.5, 0.6) is 0 Å². The summed E-state index contributed by atoms with van der Waals surface area (Å²) >= 11 is 0. The fraction of sp³-hybridized carbons (Fsp3) is 0.522. The number of nitrogens with two attached hydrogens (primary N) is 1. The molecular weight excluding hydrogens is 394 g/mol. The maximum Gasteiger partial charge on any atom is 0.255 e. The van der Waals surface area contributed by atoms with Crippen molar-refractivity contribution < 1.29 is 9.90 Å². The van der Waals surface area contributed by atoms with Crippen molar-refractivity contribution in [3.05, 3.63) is 58.6 Å². The van der Waals surface area contributed by atoms with Crippen molar-refractivity contribution in [2.75, 3.05) is 31.1 Å². The SMILES string of the molecule is CC(CC(=O)N1CCC(O)(Cn2cnc(N3CC(N)C3)cc2=O)CC1)c1ccccc1. The maximum absolute atomic E-state index is 12.7. The van der Waals surface area contributed by atoms with E-state index in [0.29, 0.717) is 51.3 Å². The van der Waals surface area contributed by atoms with Crippen LogP contribution in [0.25, 0.3) is 0 Å². The van der Waals surface area contributed by atoms with Crippen molar-refractivity contribution >= 4 is 11.7 Å². The molecule has 0 aliphatic carbocycles. The normalized spacial score (nSPS) is 19.7. The molecule has 0 spiro atoms. The van der Waals surface area contributed by atoms with Gasteiger partial charge in [0, 0.05) is 44.7 Å². The number of aliphatic hydroxyl groups is 1. The van der Waals surface area contributed by atoms with Crippen molar-refractivity contribution in [3.8, 4) is 0 Å². The Kier molecular flexibility index (Phi) is 6.11. The Bertz CT molecular complexity index is 963. The Morgan fingerprint density at radius 3 is 2.55 bits per heavy atom. The average molecular weight is 426 g/mol. The van der Waals surface area contributed by atoms with Crippen molar-refractivity contribution in [1.29, 1.82) is 0 Å². The van der Waals surface area contributed by atoms with Crippen molar-refractivity contribution in [2.45, 2.75) is 50.3 Å². The van der Waals surface area contributed by atoms with E-state index < -0.39 is 5.60 Å². The smallest absolute Gasteiger partial charge is 0.255 e. The summed E-state index contributed by atoms with van der Waals surface area (Å²) in [5.74, 6) is 0.885. The van der Waals surface area contributed by atoms with E-state index in [1.807, 2.05) is 40.1 Å². The molecule has 0 radical (unpaired) electrons. The summed E-state index contributed by atoms with van der Waals surface area (Å²) in [6.45, 7) is 4.62. The first-order chi connectivity index (χ1) is 14.8. The number of carbonyl (C=O) groups excluding carboxylic acids is 1. The number of likely N-dealkylation sites (tertiary alicyclic amines) is 1. The van der Waals surface area contributed by atoms with Crippen molar-refractivity contribution in [1.82, 2.24) is 14.5 Å². The highest BCUT2D eigenvalue weighted by molar-refractivity contribution is 5.77. The molecule has 3 N–H and O–H groups in total. The molecule has 1 aromatic heterocycles. The van der Waals surface area contributed by atoms with E-state index >= 15 is 0 Å². The number of hydrogen-bond acceptors (Lipinski definition) is 6. The van der Waals surface area contributed by atoms with E-state index in [-0.39, 0.29) is 30.0 Å². The summed E-state index contributed by atoms with van der Waals surface area (Å²) in [5, 5.41) is 11.0. The quantitative estimate of drug-likeness (QED) is 0.714. The number of carbonyl (C=O) groups is 1. The molecule has 2 aliphatic rings. The Morgan fingerprint density at radius 1 is 1.26 bits per heavy atom. The molecule has 3 heterocycles. The molecule has 1 unspecified atom stereocenters. The standard InChI is InChI=1S/C23H31N5O3/c1-17(18-5-3-2-4-6-18)11-21(29)26-9-7-23(31,8-10-26)15-28-16-25-20(12-22(28)30)27-13-19(24)14-27/h2-6,12,16-17,19,31H,7-11,13-15,24H2,1H3. The zero-order valence-corrected chi connectivity index (χ0v) is 18.0. The Morgan fingerprint density at radius 2 is 1.94 bits per heavy atom. The third kappa shape index (κ3) is 4.97. The summed E-state index contributed by atoms with van der Waals surface area (Å²) < 4.78 is 1.46. The van der Waals surface area contributed by atoms with Gasteiger partial charge in [-0.2, -0.15) is 0 Å². The third-order valence-electron chi connectivity index (χ3n) is 6.46. The van der Waals surface area contributed by atoms with Crippen LogP contribution in [0.3, 0.4) is 0 Å². The molecule has 0 bridgehead atoms. The summed E-state index contributed by atoms with van der Waals surface area (Å²) in [6.07, 6.45) is 2.83. The van der Waals surface area contributed by atoms with Gasteiger partial charge in [-0.1, -0.05) is 37.3 Å². The van der Waals surface area contributed by atoms with E-state index in [0.717, 1.165) is 5.56 Å². The first-order valence-electron chi connectivity index (χ1n) is 11.0. The van der Waals surface area contributed by atoms with Gasteiger partial charge in [-0.3, -0.25) is 14.2 Å². The number of amides is 1. The van der Waals surface area contributed by atoms with E-state index in [1.165, 1.54) is 17.0 Å². The van der Waals surface area contributed by atoms with Crippen LogP contribution < -0.4 is 16.2 Å². The molecule has 31 heavy (non-hydrogen) atoms. The summed E-state index contributed by atoms with van der Waals surface area (Å²) in [7, 11) is 0. The predicted molar refractivity (Wildman–Crippen MR) is 119 cm³/mol. The highest BCUT2D eigenvalue weighted by Gasteiger charge is 2.35. The van der Waals surface area contributed by atoms with Crippen LogP contribution >= 0.6 is 0 Å². The minimum Gasteiger partial charge on any atom is -0.388 e. The van der Waals surface area contributed by atoms with Gasteiger partial charge in [0.05, 0.1) is 18.5 Å². The van der Waals surface area contributed by atoms with Gasteiger partial charge in [-0.15, -0.1) is 0 Å². The fourth-order valence-electron chi connectivity index (χ4n) is 4.35. The van der Waals surface area contributed by atoms with Crippen LogP contribution in [-0.4, -0.2) is 63.3 Å². The number of anilines is 1. The van der Waals surface area contributed by atoms with E-state index in [4.69, 9.17) is 5.73 Å². The number of hydrogen-bond donors (Lipinski definition) is 2. The average Bonchev–Trinajstić information content (AvgIpc) is 2.74. The fourth-order valence-corrected chi connectivity index (χ4v) is 4.35. The van der Waals surface area contributed by atoms with Crippen LogP contribution in [0.1, 0.15) is 37.7 Å². The first kappa shape index (κ1) is 21.5. The molecule has 1 amide bonds. The molecule has 8 heteroatoms. The number of benzene rings is 1. The minimum absolute atomic E-state index is 0.106. The molecule has 2 aliphatic heterocycles. The van der Waals surface area contributed by atoms with Crippen LogP contribution in [0, 0.1) is 0 Å². The van der Waals surface area contributed by atoms with Crippen LogP contribution in [0.2, 0.25) is 0 Å². The van der Waals surface area contributed by atoms with Gasteiger partial charge >= 0.3 is 0 Å². The predicted octanol–water partition coefficient (Wildman–Crippen LogP) is 0.938. The number of piperidine rings is 1. The lowest BCUT2D eigenvalue weighted by molar-refractivity contribution is -0.136. The van der Waals surface area contributed by atoms with E-state index in [2.05, 4.69) is 11.9 Å². The monoisotopic (exact) mass is 425 g/mol. The first-order valence-corrected chi connectivity index (χ1v) is 11.0. The number of nitrogens with zero attached hydrogens (tertiary/aromatic N) is 4. The molecule has 1 atom stereocenters. The van der Waals surface area contributed by atoms with Gasteiger partial charge in [-0.05, 0) is 24.3 Å². The van der Waals surface area contributed by atoms with Crippen LogP contribution in [-0.2, 0) is 11.3 Å². The molecule has 2 aromatic rings. The Hall–Kier alpha value is -2.71. The summed E-state index contributed by atoms with van der Waals surface area (Å²) in [5.41, 5.74) is 5.74. The molecule has 8 nitrogen and oxygen atoms in total. The zero-order valence-electron chi connectivity index (χ0n) is 18.0. The number of rotatable bonds is 6. The molecular formula is C23H31N5O3.